The standard InChI is InChI=1S/C25H33BrN2O2S/c1-4-19(3)27-25(30)23(5-2)28(16-15-20-9-7-6-8-10-20)24(29)18-31-17-21-11-13-22(26)14-12-21/h6-14,19,23H,4-5,15-18H2,1-3H3,(H,27,30)/t19-,23-/m1/s1. The van der Waals surface area contributed by atoms with Crippen molar-refractivity contribution in [3.05, 3.63) is 70.2 Å². The summed E-state index contributed by atoms with van der Waals surface area (Å²) in [5.41, 5.74) is 2.35. The summed E-state index contributed by atoms with van der Waals surface area (Å²) in [5, 5.41) is 3.06. The van der Waals surface area contributed by atoms with E-state index in [1.807, 2.05) is 51.1 Å². The molecular formula is C25H33BrN2O2S. The first kappa shape index (κ1) is 25.5. The van der Waals surface area contributed by atoms with Gasteiger partial charge >= 0.3 is 0 Å². The normalized spacial score (nSPS) is 12.8. The summed E-state index contributed by atoms with van der Waals surface area (Å²) < 4.78 is 1.04. The van der Waals surface area contributed by atoms with Gasteiger partial charge in [-0.15, -0.1) is 11.8 Å². The van der Waals surface area contributed by atoms with E-state index in [4.69, 9.17) is 0 Å². The molecule has 0 spiro atoms. The number of carbonyl (C=O) groups is 2. The summed E-state index contributed by atoms with van der Waals surface area (Å²) in [7, 11) is 0. The number of rotatable bonds is 12. The Bertz CT molecular complexity index is 814. The number of halogens is 1. The Morgan fingerprint density at radius 2 is 1.68 bits per heavy atom. The van der Waals surface area contributed by atoms with Crippen LogP contribution >= 0.6 is 27.7 Å². The molecule has 0 aliphatic carbocycles. The van der Waals surface area contributed by atoms with Crippen LogP contribution in [0.5, 0.6) is 0 Å². The Morgan fingerprint density at radius 1 is 1.00 bits per heavy atom. The Morgan fingerprint density at radius 3 is 2.29 bits per heavy atom. The summed E-state index contributed by atoms with van der Waals surface area (Å²) in [6.07, 6.45) is 2.19. The average Bonchev–Trinajstić information content (AvgIpc) is 2.78. The number of thioether (sulfide) groups is 1. The van der Waals surface area contributed by atoms with E-state index in [9.17, 15) is 9.59 Å². The zero-order valence-corrected chi connectivity index (χ0v) is 21.0. The largest absolute Gasteiger partial charge is 0.352 e. The molecule has 4 nitrogen and oxygen atoms in total. The number of benzene rings is 2. The molecule has 2 aromatic carbocycles. The second-order valence-corrected chi connectivity index (χ2v) is 9.59. The number of nitrogens with one attached hydrogen (secondary N) is 1. The van der Waals surface area contributed by atoms with E-state index in [0.717, 1.165) is 23.1 Å². The van der Waals surface area contributed by atoms with Crippen LogP contribution in [0.3, 0.4) is 0 Å². The van der Waals surface area contributed by atoms with Crippen LogP contribution in [0.15, 0.2) is 59.1 Å². The highest BCUT2D eigenvalue weighted by Crippen LogP contribution is 2.18. The monoisotopic (exact) mass is 504 g/mol. The molecular weight excluding hydrogens is 472 g/mol. The van der Waals surface area contributed by atoms with Gasteiger partial charge < -0.3 is 10.2 Å². The van der Waals surface area contributed by atoms with E-state index in [0.29, 0.717) is 18.7 Å². The van der Waals surface area contributed by atoms with Gasteiger partial charge in [0.1, 0.15) is 6.04 Å². The molecule has 0 saturated carbocycles. The van der Waals surface area contributed by atoms with Crippen LogP contribution in [-0.2, 0) is 21.8 Å². The Hall–Kier alpha value is -1.79. The fourth-order valence-electron chi connectivity index (χ4n) is 3.26. The van der Waals surface area contributed by atoms with Gasteiger partial charge in [0.05, 0.1) is 5.75 Å². The lowest BCUT2D eigenvalue weighted by Gasteiger charge is -2.31. The number of amides is 2. The molecule has 31 heavy (non-hydrogen) atoms. The van der Waals surface area contributed by atoms with Crippen molar-refractivity contribution in [2.45, 2.75) is 57.9 Å². The molecule has 2 rings (SSSR count). The third kappa shape index (κ3) is 8.69. The minimum atomic E-state index is -0.446. The van der Waals surface area contributed by atoms with Crippen LogP contribution in [0.1, 0.15) is 44.7 Å². The van der Waals surface area contributed by atoms with Gasteiger partial charge in [-0.25, -0.2) is 0 Å². The minimum Gasteiger partial charge on any atom is -0.352 e. The first-order valence-electron chi connectivity index (χ1n) is 10.9. The van der Waals surface area contributed by atoms with Crippen molar-refractivity contribution in [1.29, 1.82) is 0 Å². The van der Waals surface area contributed by atoms with Crippen molar-refractivity contribution in [1.82, 2.24) is 10.2 Å². The fraction of sp³-hybridized carbons (Fsp3) is 0.440. The minimum absolute atomic E-state index is 0.0178. The summed E-state index contributed by atoms with van der Waals surface area (Å²) in [4.78, 5) is 27.9. The second-order valence-electron chi connectivity index (χ2n) is 7.68. The van der Waals surface area contributed by atoms with E-state index < -0.39 is 6.04 Å². The number of hydrogen-bond acceptors (Lipinski definition) is 3. The molecule has 0 fully saturated rings. The maximum Gasteiger partial charge on any atom is 0.243 e. The van der Waals surface area contributed by atoms with E-state index in [1.54, 1.807) is 16.7 Å². The molecule has 0 aliphatic heterocycles. The van der Waals surface area contributed by atoms with Gasteiger partial charge in [-0.05, 0) is 49.4 Å². The molecule has 2 atom stereocenters. The van der Waals surface area contributed by atoms with Crippen LogP contribution in [0, 0.1) is 0 Å². The molecule has 2 aromatic rings. The first-order valence-corrected chi connectivity index (χ1v) is 12.8. The van der Waals surface area contributed by atoms with Gasteiger partial charge in [-0.3, -0.25) is 9.59 Å². The lowest BCUT2D eigenvalue weighted by Crippen LogP contribution is -2.52. The zero-order valence-electron chi connectivity index (χ0n) is 18.6. The van der Waals surface area contributed by atoms with Crippen LogP contribution in [0.2, 0.25) is 0 Å². The van der Waals surface area contributed by atoms with E-state index in [2.05, 4.69) is 45.5 Å². The van der Waals surface area contributed by atoms with E-state index in [1.165, 1.54) is 11.1 Å². The maximum absolute atomic E-state index is 13.2. The van der Waals surface area contributed by atoms with Crippen LogP contribution < -0.4 is 5.32 Å². The topological polar surface area (TPSA) is 49.4 Å². The quantitative estimate of drug-likeness (QED) is 0.418. The van der Waals surface area contributed by atoms with Crippen molar-refractivity contribution >= 4 is 39.5 Å². The molecule has 0 heterocycles. The third-order valence-electron chi connectivity index (χ3n) is 5.28. The van der Waals surface area contributed by atoms with E-state index in [-0.39, 0.29) is 17.9 Å². The molecule has 0 bridgehead atoms. The van der Waals surface area contributed by atoms with Crippen molar-refractivity contribution in [3.8, 4) is 0 Å². The van der Waals surface area contributed by atoms with Gasteiger partial charge in [0.15, 0.2) is 0 Å². The number of nitrogens with zero attached hydrogens (tertiary/aromatic N) is 1. The molecule has 6 heteroatoms. The highest BCUT2D eigenvalue weighted by atomic mass is 79.9. The predicted molar refractivity (Wildman–Crippen MR) is 134 cm³/mol. The molecule has 0 radical (unpaired) electrons. The maximum atomic E-state index is 13.2. The van der Waals surface area contributed by atoms with Gasteiger partial charge in [0, 0.05) is 22.8 Å². The van der Waals surface area contributed by atoms with Crippen LogP contribution in [0.4, 0.5) is 0 Å². The van der Waals surface area contributed by atoms with Gasteiger partial charge in [0.25, 0.3) is 0 Å². The number of hydrogen-bond donors (Lipinski definition) is 1. The third-order valence-corrected chi connectivity index (χ3v) is 6.80. The predicted octanol–water partition coefficient (Wildman–Crippen LogP) is 5.45. The van der Waals surface area contributed by atoms with E-state index >= 15 is 0 Å². The van der Waals surface area contributed by atoms with Crippen molar-refractivity contribution in [2.75, 3.05) is 12.3 Å². The van der Waals surface area contributed by atoms with Crippen LogP contribution in [0.25, 0.3) is 0 Å². The van der Waals surface area contributed by atoms with Crippen molar-refractivity contribution in [3.63, 3.8) is 0 Å². The summed E-state index contributed by atoms with van der Waals surface area (Å²) >= 11 is 5.04. The summed E-state index contributed by atoms with van der Waals surface area (Å²) in [6.45, 7) is 6.55. The highest BCUT2D eigenvalue weighted by Gasteiger charge is 2.28. The molecule has 0 aliphatic rings. The summed E-state index contributed by atoms with van der Waals surface area (Å²) in [5.74, 6) is 1.08. The molecule has 0 aromatic heterocycles. The smallest absolute Gasteiger partial charge is 0.243 e. The van der Waals surface area contributed by atoms with Gasteiger partial charge in [0.2, 0.25) is 11.8 Å². The first-order chi connectivity index (χ1) is 14.9. The molecule has 0 saturated heterocycles. The molecule has 0 unspecified atom stereocenters. The van der Waals surface area contributed by atoms with Gasteiger partial charge in [-0.1, -0.05) is 72.2 Å². The molecule has 1 N–H and O–H groups in total. The SMILES string of the molecule is CC[C@@H](C)NC(=O)[C@@H](CC)N(CCc1ccccc1)C(=O)CSCc1ccc(Br)cc1. The van der Waals surface area contributed by atoms with Crippen molar-refractivity contribution in [2.24, 2.45) is 0 Å². The lowest BCUT2D eigenvalue weighted by molar-refractivity contribution is -0.139. The lowest BCUT2D eigenvalue weighted by atomic mass is 10.1. The Balaban J connectivity index is 2.05. The average molecular weight is 506 g/mol. The zero-order chi connectivity index (χ0) is 22.6. The van der Waals surface area contributed by atoms with Gasteiger partial charge in [-0.2, -0.15) is 0 Å². The van der Waals surface area contributed by atoms with Crippen molar-refractivity contribution < 1.29 is 9.59 Å². The Labute approximate surface area is 199 Å². The van der Waals surface area contributed by atoms with Crippen LogP contribution in [-0.4, -0.2) is 41.1 Å². The highest BCUT2D eigenvalue weighted by molar-refractivity contribution is 9.10. The molecule has 168 valence electrons. The second kappa shape index (κ2) is 13.6. The fourth-order valence-corrected chi connectivity index (χ4v) is 4.39. The number of carbonyl (C=O) groups excluding carboxylic acids is 2. The summed E-state index contributed by atoms with van der Waals surface area (Å²) in [6, 6.07) is 17.9. The Kier molecular flexibility index (Phi) is 11.2. The molecule has 2 amide bonds.